The zero-order valence-corrected chi connectivity index (χ0v) is 8.64. The third kappa shape index (κ3) is 22.5. The molecule has 2 N–H and O–H groups in total. The van der Waals surface area contributed by atoms with Crippen LogP contribution in [-0.4, -0.2) is 34.0 Å². The normalized spacial score (nSPS) is 9.00. The minimum Gasteiger partial charge on any atom is -0.382 e. The van der Waals surface area contributed by atoms with Crippen molar-refractivity contribution in [1.29, 1.82) is 0 Å². The molecule has 0 amide bonds. The average molecular weight is 177 g/mol. The van der Waals surface area contributed by atoms with E-state index in [4.69, 9.17) is 5.73 Å². The van der Waals surface area contributed by atoms with Gasteiger partial charge in [-0.3, -0.25) is 0 Å². The Morgan fingerprint density at radius 1 is 1.00 bits per heavy atom. The summed E-state index contributed by atoms with van der Waals surface area (Å²) in [4.78, 5) is 0. The highest BCUT2D eigenvalue weighted by molar-refractivity contribution is 4.34. The monoisotopic (exact) mass is 177 g/mol. The van der Waals surface area contributed by atoms with Crippen LogP contribution in [0.1, 0.15) is 26.2 Å². The lowest BCUT2D eigenvalue weighted by Gasteiger charge is -1.91. The maximum atomic E-state index is 5.21. The predicted octanol–water partition coefficient (Wildman–Crippen LogP) is 1.41. The van der Waals surface area contributed by atoms with E-state index in [1.165, 1.54) is 19.3 Å². The molecule has 0 unspecified atom stereocenters. The van der Waals surface area contributed by atoms with Gasteiger partial charge in [0.15, 0.2) is 0 Å². The van der Waals surface area contributed by atoms with Crippen LogP contribution in [0.4, 0.5) is 0 Å². The summed E-state index contributed by atoms with van der Waals surface area (Å²) in [6.07, 6.45) is 3.75. The van der Waals surface area contributed by atoms with Crippen molar-refractivity contribution >= 4 is 0 Å². The van der Waals surface area contributed by atoms with Gasteiger partial charge in [-0.1, -0.05) is 19.8 Å². The first-order valence-electron chi connectivity index (χ1n) is 4.51. The maximum Gasteiger partial charge on any atom is 0.0696 e. The lowest BCUT2D eigenvalue weighted by Crippen LogP contribution is -1.96. The number of rotatable bonds is 6. The summed E-state index contributed by atoms with van der Waals surface area (Å²) in [5.74, 6) is 0. The van der Waals surface area contributed by atoms with Gasteiger partial charge in [-0.05, 0) is 13.0 Å². The quantitative estimate of drug-likeness (QED) is 0.624. The Hall–Kier alpha value is -0.120. The highest BCUT2D eigenvalue weighted by Crippen LogP contribution is 1.88. The zero-order chi connectivity index (χ0) is 9.66. The van der Waals surface area contributed by atoms with Gasteiger partial charge >= 0.3 is 0 Å². The molecule has 0 aliphatic heterocycles. The highest BCUT2D eigenvalue weighted by atomic mass is 16.5. The van der Waals surface area contributed by atoms with Crippen LogP contribution in [0.2, 0.25) is 0 Å². The van der Waals surface area contributed by atoms with Crippen LogP contribution in [0.15, 0.2) is 0 Å². The predicted molar refractivity (Wildman–Crippen MR) is 52.3 cm³/mol. The van der Waals surface area contributed by atoms with E-state index in [2.05, 4.69) is 16.4 Å². The Bertz CT molecular complexity index is 44.5. The van der Waals surface area contributed by atoms with Crippen molar-refractivity contribution in [2.75, 3.05) is 34.0 Å². The van der Waals surface area contributed by atoms with Crippen LogP contribution in [0.5, 0.6) is 0 Å². The summed E-state index contributed by atoms with van der Waals surface area (Å²) < 4.78 is 9.31. The molecule has 0 heterocycles. The fourth-order valence-electron chi connectivity index (χ4n) is 0.561. The molecule has 3 heteroatoms. The molecule has 0 saturated carbocycles. The van der Waals surface area contributed by atoms with Crippen LogP contribution in [0, 0.1) is 0 Å². The van der Waals surface area contributed by atoms with Crippen molar-refractivity contribution in [2.45, 2.75) is 26.2 Å². The van der Waals surface area contributed by atoms with Crippen LogP contribution >= 0.6 is 0 Å². The maximum absolute atomic E-state index is 5.21. The molecule has 0 fully saturated rings. The standard InChI is InChI=1S/C5H13N.C4H10O2/c1-2-3-4-5-6;1-5-3-4-6-2/h2-6H2,1H3;3-4H2,1-2H3. The molecule has 0 aromatic carbocycles. The van der Waals surface area contributed by atoms with Gasteiger partial charge in [-0.25, -0.2) is 0 Å². The molecular formula is C9H23NO2. The molecule has 0 atom stereocenters. The largest absolute Gasteiger partial charge is 0.382 e. The van der Waals surface area contributed by atoms with Gasteiger partial charge in [0.1, 0.15) is 0 Å². The summed E-state index contributed by atoms with van der Waals surface area (Å²) in [5.41, 5.74) is 5.21. The van der Waals surface area contributed by atoms with Crippen molar-refractivity contribution in [1.82, 2.24) is 0 Å². The molecule has 0 aromatic rings. The van der Waals surface area contributed by atoms with Crippen molar-refractivity contribution in [2.24, 2.45) is 5.73 Å². The number of hydrogen-bond acceptors (Lipinski definition) is 3. The Balaban J connectivity index is 0. The molecule has 0 rings (SSSR count). The van der Waals surface area contributed by atoms with Gasteiger partial charge in [0.05, 0.1) is 13.2 Å². The van der Waals surface area contributed by atoms with E-state index in [1.807, 2.05) is 0 Å². The number of nitrogens with two attached hydrogens (primary N) is 1. The number of unbranched alkanes of at least 4 members (excludes halogenated alkanes) is 2. The van der Waals surface area contributed by atoms with Gasteiger partial charge in [0.25, 0.3) is 0 Å². The molecule has 3 nitrogen and oxygen atoms in total. The van der Waals surface area contributed by atoms with Crippen LogP contribution in [0.25, 0.3) is 0 Å². The lowest BCUT2D eigenvalue weighted by atomic mass is 10.3. The van der Waals surface area contributed by atoms with Crippen LogP contribution in [-0.2, 0) is 9.47 Å². The molecule has 0 spiro atoms. The smallest absolute Gasteiger partial charge is 0.0696 e. The third-order valence-corrected chi connectivity index (χ3v) is 1.30. The Labute approximate surface area is 76.2 Å². The fourth-order valence-corrected chi connectivity index (χ4v) is 0.561. The second kappa shape index (κ2) is 17.1. The Morgan fingerprint density at radius 3 is 1.67 bits per heavy atom. The first-order chi connectivity index (χ1) is 5.83. The minimum atomic E-state index is 0.691. The Morgan fingerprint density at radius 2 is 1.50 bits per heavy atom. The molecule has 0 radical (unpaired) electrons. The van der Waals surface area contributed by atoms with Gasteiger partial charge in [-0.2, -0.15) is 0 Å². The number of methoxy groups -OCH3 is 2. The average Bonchev–Trinajstić information content (AvgIpc) is 2.12. The van der Waals surface area contributed by atoms with Gasteiger partial charge in [0.2, 0.25) is 0 Å². The summed E-state index contributed by atoms with van der Waals surface area (Å²) in [7, 11) is 3.30. The second-order valence-electron chi connectivity index (χ2n) is 2.48. The van der Waals surface area contributed by atoms with Crippen molar-refractivity contribution in [3.63, 3.8) is 0 Å². The SMILES string of the molecule is CCCCCN.COCCOC. The first kappa shape index (κ1) is 14.4. The number of hydrogen-bond donors (Lipinski definition) is 1. The minimum absolute atomic E-state index is 0.691. The van der Waals surface area contributed by atoms with E-state index in [9.17, 15) is 0 Å². The molecule has 0 aliphatic carbocycles. The second-order valence-corrected chi connectivity index (χ2v) is 2.48. The summed E-state index contributed by atoms with van der Waals surface area (Å²) in [5, 5.41) is 0. The Kier molecular flexibility index (Phi) is 20.5. The summed E-state index contributed by atoms with van der Waals surface area (Å²) in [6, 6.07) is 0. The van der Waals surface area contributed by atoms with E-state index in [-0.39, 0.29) is 0 Å². The first-order valence-corrected chi connectivity index (χ1v) is 4.51. The zero-order valence-electron chi connectivity index (χ0n) is 8.64. The molecular weight excluding hydrogens is 154 g/mol. The summed E-state index contributed by atoms with van der Waals surface area (Å²) in [6.45, 7) is 4.41. The van der Waals surface area contributed by atoms with E-state index in [0.717, 1.165) is 6.54 Å². The van der Waals surface area contributed by atoms with Gasteiger partial charge < -0.3 is 15.2 Å². The topological polar surface area (TPSA) is 44.5 Å². The van der Waals surface area contributed by atoms with Gasteiger partial charge in [-0.15, -0.1) is 0 Å². The van der Waals surface area contributed by atoms with E-state index < -0.39 is 0 Å². The molecule has 0 aromatic heterocycles. The van der Waals surface area contributed by atoms with Gasteiger partial charge in [0, 0.05) is 14.2 Å². The molecule has 76 valence electrons. The summed E-state index contributed by atoms with van der Waals surface area (Å²) >= 11 is 0. The third-order valence-electron chi connectivity index (χ3n) is 1.30. The van der Waals surface area contributed by atoms with Crippen LogP contribution in [0.3, 0.4) is 0 Å². The molecule has 0 saturated heterocycles. The van der Waals surface area contributed by atoms with E-state index >= 15 is 0 Å². The van der Waals surface area contributed by atoms with E-state index in [1.54, 1.807) is 14.2 Å². The highest BCUT2D eigenvalue weighted by Gasteiger charge is 1.75. The molecule has 12 heavy (non-hydrogen) atoms. The fraction of sp³-hybridized carbons (Fsp3) is 1.00. The van der Waals surface area contributed by atoms with Crippen LogP contribution < -0.4 is 5.73 Å². The van der Waals surface area contributed by atoms with Crippen molar-refractivity contribution < 1.29 is 9.47 Å². The van der Waals surface area contributed by atoms with Crippen molar-refractivity contribution in [3.05, 3.63) is 0 Å². The number of ether oxygens (including phenoxy) is 2. The lowest BCUT2D eigenvalue weighted by molar-refractivity contribution is 0.103. The van der Waals surface area contributed by atoms with E-state index in [0.29, 0.717) is 13.2 Å². The van der Waals surface area contributed by atoms with Crippen molar-refractivity contribution in [3.8, 4) is 0 Å². The molecule has 0 bridgehead atoms. The molecule has 0 aliphatic rings.